The number of thiophene rings is 1. The van der Waals surface area contributed by atoms with E-state index in [9.17, 15) is 4.79 Å². The maximum atomic E-state index is 10.4. The molecule has 0 spiro atoms. The van der Waals surface area contributed by atoms with E-state index in [4.69, 9.17) is 16.7 Å². The highest BCUT2D eigenvalue weighted by Gasteiger charge is 2.02. The summed E-state index contributed by atoms with van der Waals surface area (Å²) in [7, 11) is 0. The topological polar surface area (TPSA) is 37.3 Å². The molecule has 0 aliphatic carbocycles. The standard InChI is InChI=1S/C15H13ClO2S2/c16-14-4-2-1-3-12(14)9-19-10-13-7-11(8-20-13)5-6-15(17)18/h1-8H,9-10H2,(H,17,18)/b6-5+. The van der Waals surface area contributed by atoms with E-state index < -0.39 is 5.97 Å². The average molecular weight is 325 g/mol. The zero-order valence-electron chi connectivity index (χ0n) is 10.6. The van der Waals surface area contributed by atoms with Crippen molar-refractivity contribution in [3.8, 4) is 0 Å². The SMILES string of the molecule is O=C(O)/C=C/c1csc(CSCc2ccccc2Cl)c1. The molecular formula is C15H13ClO2S2. The van der Waals surface area contributed by atoms with Gasteiger partial charge in [-0.05, 0) is 34.7 Å². The van der Waals surface area contributed by atoms with Gasteiger partial charge in [0.1, 0.15) is 0 Å². The fraction of sp³-hybridized carbons (Fsp3) is 0.133. The van der Waals surface area contributed by atoms with Crippen LogP contribution in [0.4, 0.5) is 0 Å². The van der Waals surface area contributed by atoms with Crippen LogP contribution in [0.25, 0.3) is 6.08 Å². The molecule has 1 aromatic carbocycles. The van der Waals surface area contributed by atoms with Gasteiger partial charge in [-0.15, -0.1) is 11.3 Å². The molecule has 0 aliphatic rings. The molecule has 1 heterocycles. The van der Waals surface area contributed by atoms with E-state index in [1.807, 2.05) is 35.7 Å². The molecule has 0 bridgehead atoms. The van der Waals surface area contributed by atoms with E-state index in [-0.39, 0.29) is 0 Å². The first kappa shape index (κ1) is 15.2. The third-order valence-corrected chi connectivity index (χ3v) is 5.09. The number of thioether (sulfide) groups is 1. The van der Waals surface area contributed by atoms with Crippen molar-refractivity contribution >= 4 is 46.7 Å². The molecule has 0 atom stereocenters. The molecule has 0 fully saturated rings. The van der Waals surface area contributed by atoms with Crippen LogP contribution in [0.5, 0.6) is 0 Å². The monoisotopic (exact) mass is 324 g/mol. The van der Waals surface area contributed by atoms with E-state index in [1.54, 1.807) is 29.2 Å². The van der Waals surface area contributed by atoms with Gasteiger partial charge in [-0.1, -0.05) is 29.8 Å². The fourth-order valence-corrected chi connectivity index (χ4v) is 3.91. The van der Waals surface area contributed by atoms with Crippen LogP contribution >= 0.6 is 34.7 Å². The number of aliphatic carboxylic acids is 1. The lowest BCUT2D eigenvalue weighted by molar-refractivity contribution is -0.131. The molecular weight excluding hydrogens is 312 g/mol. The van der Waals surface area contributed by atoms with Crippen LogP contribution in [0, 0.1) is 0 Å². The van der Waals surface area contributed by atoms with Gasteiger partial charge in [0.25, 0.3) is 0 Å². The first-order valence-corrected chi connectivity index (χ1v) is 8.36. The van der Waals surface area contributed by atoms with Crippen LogP contribution in [0.15, 0.2) is 41.8 Å². The maximum absolute atomic E-state index is 10.4. The molecule has 0 amide bonds. The minimum absolute atomic E-state index is 0.802. The van der Waals surface area contributed by atoms with Gasteiger partial charge in [0, 0.05) is 27.5 Å². The summed E-state index contributed by atoms with van der Waals surface area (Å²) >= 11 is 9.54. The minimum atomic E-state index is -0.925. The van der Waals surface area contributed by atoms with Crippen LogP contribution in [0.1, 0.15) is 16.0 Å². The van der Waals surface area contributed by atoms with Gasteiger partial charge in [0.15, 0.2) is 0 Å². The number of carboxylic acid groups (broad SMARTS) is 1. The summed E-state index contributed by atoms with van der Waals surface area (Å²) in [4.78, 5) is 11.7. The predicted molar refractivity (Wildman–Crippen MR) is 87.4 cm³/mol. The zero-order valence-corrected chi connectivity index (χ0v) is 13.0. The molecule has 104 valence electrons. The van der Waals surface area contributed by atoms with Crippen molar-refractivity contribution in [3.05, 3.63) is 62.8 Å². The van der Waals surface area contributed by atoms with Crippen molar-refractivity contribution in [2.45, 2.75) is 11.5 Å². The average Bonchev–Trinajstić information content (AvgIpc) is 2.87. The molecule has 0 saturated heterocycles. The van der Waals surface area contributed by atoms with Crippen LogP contribution in [-0.4, -0.2) is 11.1 Å². The van der Waals surface area contributed by atoms with Crippen molar-refractivity contribution in [2.75, 3.05) is 0 Å². The predicted octanol–water partition coefficient (Wildman–Crippen LogP) is 4.93. The Kier molecular flexibility index (Phi) is 5.71. The Morgan fingerprint density at radius 3 is 2.90 bits per heavy atom. The van der Waals surface area contributed by atoms with Crippen molar-refractivity contribution < 1.29 is 9.90 Å². The molecule has 2 aromatic rings. The van der Waals surface area contributed by atoms with Gasteiger partial charge in [0.2, 0.25) is 0 Å². The van der Waals surface area contributed by atoms with Crippen LogP contribution in [0.2, 0.25) is 5.02 Å². The Morgan fingerprint density at radius 2 is 2.15 bits per heavy atom. The van der Waals surface area contributed by atoms with E-state index in [2.05, 4.69) is 0 Å². The zero-order chi connectivity index (χ0) is 14.4. The summed E-state index contributed by atoms with van der Waals surface area (Å²) in [5.74, 6) is 0.847. The second kappa shape index (κ2) is 7.53. The largest absolute Gasteiger partial charge is 0.478 e. The van der Waals surface area contributed by atoms with Crippen LogP contribution in [0.3, 0.4) is 0 Å². The summed E-state index contributed by atoms with van der Waals surface area (Å²) in [6.07, 6.45) is 2.77. The van der Waals surface area contributed by atoms with Gasteiger partial charge in [-0.25, -0.2) is 4.79 Å². The van der Waals surface area contributed by atoms with Crippen LogP contribution < -0.4 is 0 Å². The number of carboxylic acids is 1. The van der Waals surface area contributed by atoms with E-state index in [1.165, 1.54) is 4.88 Å². The third kappa shape index (κ3) is 4.71. The molecule has 0 saturated carbocycles. The van der Waals surface area contributed by atoms with Crippen molar-refractivity contribution in [1.82, 2.24) is 0 Å². The summed E-state index contributed by atoms with van der Waals surface area (Å²) in [5, 5.41) is 11.3. The lowest BCUT2D eigenvalue weighted by Crippen LogP contribution is -1.84. The fourth-order valence-electron chi connectivity index (χ4n) is 1.61. The first-order valence-electron chi connectivity index (χ1n) is 5.95. The summed E-state index contributed by atoms with van der Waals surface area (Å²) in [6, 6.07) is 9.87. The summed E-state index contributed by atoms with van der Waals surface area (Å²) in [5.41, 5.74) is 2.08. The first-order chi connectivity index (χ1) is 9.65. The second-order valence-corrected chi connectivity index (χ2v) is 6.49. The molecule has 2 nitrogen and oxygen atoms in total. The second-order valence-electron chi connectivity index (χ2n) is 4.10. The number of carbonyl (C=O) groups is 1. The number of rotatable bonds is 6. The van der Waals surface area contributed by atoms with E-state index in [0.29, 0.717) is 0 Å². The van der Waals surface area contributed by atoms with Gasteiger partial charge < -0.3 is 5.11 Å². The molecule has 2 rings (SSSR count). The quantitative estimate of drug-likeness (QED) is 0.765. The molecule has 20 heavy (non-hydrogen) atoms. The van der Waals surface area contributed by atoms with Crippen molar-refractivity contribution in [2.24, 2.45) is 0 Å². The molecule has 1 aromatic heterocycles. The third-order valence-electron chi connectivity index (χ3n) is 2.55. The van der Waals surface area contributed by atoms with Crippen LogP contribution in [-0.2, 0) is 16.3 Å². The van der Waals surface area contributed by atoms with Gasteiger partial charge in [-0.3, -0.25) is 0 Å². The van der Waals surface area contributed by atoms with Gasteiger partial charge in [-0.2, -0.15) is 11.8 Å². The number of hydrogen-bond acceptors (Lipinski definition) is 3. The van der Waals surface area contributed by atoms with Crippen molar-refractivity contribution in [3.63, 3.8) is 0 Å². The lowest BCUT2D eigenvalue weighted by atomic mass is 10.2. The summed E-state index contributed by atoms with van der Waals surface area (Å²) < 4.78 is 0. The van der Waals surface area contributed by atoms with Gasteiger partial charge in [0.05, 0.1) is 0 Å². The minimum Gasteiger partial charge on any atom is -0.478 e. The molecule has 0 aliphatic heterocycles. The van der Waals surface area contributed by atoms with E-state index >= 15 is 0 Å². The van der Waals surface area contributed by atoms with E-state index in [0.717, 1.165) is 33.7 Å². The molecule has 1 N–H and O–H groups in total. The van der Waals surface area contributed by atoms with Crippen molar-refractivity contribution in [1.29, 1.82) is 0 Å². The molecule has 5 heteroatoms. The Labute approximate surface area is 131 Å². The number of halogens is 1. The Hall–Kier alpha value is -1.23. The van der Waals surface area contributed by atoms with Gasteiger partial charge >= 0.3 is 5.97 Å². The highest BCUT2D eigenvalue weighted by molar-refractivity contribution is 7.97. The molecule has 0 radical (unpaired) electrons. The molecule has 0 unspecified atom stereocenters. The highest BCUT2D eigenvalue weighted by Crippen LogP contribution is 2.26. The lowest BCUT2D eigenvalue weighted by Gasteiger charge is -2.02. The Bertz CT molecular complexity index is 620. The maximum Gasteiger partial charge on any atom is 0.328 e. The number of hydrogen-bond donors (Lipinski definition) is 1. The Morgan fingerprint density at radius 1 is 1.35 bits per heavy atom. The summed E-state index contributed by atoms with van der Waals surface area (Å²) in [6.45, 7) is 0. The normalized spacial score (nSPS) is 11.1. The number of benzene rings is 1. The Balaban J connectivity index is 1.86. The highest BCUT2D eigenvalue weighted by atomic mass is 35.5. The smallest absolute Gasteiger partial charge is 0.328 e.